The van der Waals surface area contributed by atoms with E-state index >= 15 is 0 Å². The Balaban J connectivity index is 2.73. The zero-order valence-electron chi connectivity index (χ0n) is 12.1. The van der Waals surface area contributed by atoms with Gasteiger partial charge in [-0.05, 0) is 18.9 Å². The molecule has 1 unspecified atom stereocenters. The molecule has 0 spiro atoms. The molecular formula is C16H22N2O2. The van der Waals surface area contributed by atoms with Crippen LogP contribution in [0.15, 0.2) is 18.5 Å². The van der Waals surface area contributed by atoms with E-state index in [1.807, 2.05) is 0 Å². The molecule has 0 fully saturated rings. The Morgan fingerprint density at radius 1 is 1.45 bits per heavy atom. The molecule has 1 rings (SSSR count). The average molecular weight is 274 g/mol. The van der Waals surface area contributed by atoms with E-state index in [0.29, 0.717) is 17.5 Å². The number of nitrogens with one attached hydrogen (secondary N) is 1. The first kappa shape index (κ1) is 16.2. The van der Waals surface area contributed by atoms with Gasteiger partial charge in [0.15, 0.2) is 0 Å². The lowest BCUT2D eigenvalue weighted by Gasteiger charge is -2.15. The van der Waals surface area contributed by atoms with Crippen LogP contribution in [0.4, 0.5) is 0 Å². The maximum atomic E-state index is 12.1. The summed E-state index contributed by atoms with van der Waals surface area (Å²) in [6.07, 6.45) is 6.53. The first-order valence-corrected chi connectivity index (χ1v) is 7.06. The van der Waals surface area contributed by atoms with Crippen molar-refractivity contribution in [3.8, 4) is 11.8 Å². The number of hydrogen-bond donors (Lipinski definition) is 2. The van der Waals surface area contributed by atoms with Crippen LogP contribution < -0.4 is 5.32 Å². The smallest absolute Gasteiger partial charge is 0.253 e. The topological polar surface area (TPSA) is 62.2 Å². The van der Waals surface area contributed by atoms with Crippen molar-refractivity contribution in [1.82, 2.24) is 10.3 Å². The fourth-order valence-electron chi connectivity index (χ4n) is 1.85. The maximum absolute atomic E-state index is 12.1. The van der Waals surface area contributed by atoms with Crippen molar-refractivity contribution in [1.29, 1.82) is 0 Å². The van der Waals surface area contributed by atoms with Gasteiger partial charge in [-0.1, -0.05) is 32.1 Å². The first-order chi connectivity index (χ1) is 9.71. The van der Waals surface area contributed by atoms with Crippen LogP contribution in [0.2, 0.25) is 0 Å². The Morgan fingerprint density at radius 3 is 2.90 bits per heavy atom. The van der Waals surface area contributed by atoms with E-state index in [-0.39, 0.29) is 18.6 Å². The van der Waals surface area contributed by atoms with Crippen LogP contribution in [0.3, 0.4) is 0 Å². The highest BCUT2D eigenvalue weighted by atomic mass is 16.2. The molecule has 108 valence electrons. The SMILES string of the molecule is CCCC(CC)NC(=O)c1cncc(C#CCCO)c1. The molecule has 0 aliphatic rings. The van der Waals surface area contributed by atoms with Gasteiger partial charge in [0.25, 0.3) is 5.91 Å². The molecule has 0 radical (unpaired) electrons. The quantitative estimate of drug-likeness (QED) is 0.781. The molecule has 0 bridgehead atoms. The molecule has 1 aromatic rings. The largest absolute Gasteiger partial charge is 0.395 e. The lowest BCUT2D eigenvalue weighted by atomic mass is 10.1. The molecule has 4 heteroatoms. The molecule has 0 aromatic carbocycles. The van der Waals surface area contributed by atoms with Gasteiger partial charge in [0.1, 0.15) is 0 Å². The third kappa shape index (κ3) is 5.41. The number of nitrogens with zero attached hydrogens (tertiary/aromatic N) is 1. The number of amides is 1. The lowest BCUT2D eigenvalue weighted by molar-refractivity contribution is 0.0933. The standard InChI is InChI=1S/C16H22N2O2/c1-3-7-15(4-2)18-16(20)14-10-13(11-17-12-14)8-5-6-9-19/h10-12,15,19H,3-4,6-7,9H2,1-2H3,(H,18,20). The predicted molar refractivity (Wildman–Crippen MR) is 79.3 cm³/mol. The molecule has 20 heavy (non-hydrogen) atoms. The summed E-state index contributed by atoms with van der Waals surface area (Å²) >= 11 is 0. The van der Waals surface area contributed by atoms with E-state index in [1.165, 1.54) is 0 Å². The zero-order chi connectivity index (χ0) is 14.8. The van der Waals surface area contributed by atoms with Crippen LogP contribution in [-0.4, -0.2) is 28.6 Å². The van der Waals surface area contributed by atoms with E-state index in [9.17, 15) is 4.79 Å². The van der Waals surface area contributed by atoms with Gasteiger partial charge in [-0.3, -0.25) is 9.78 Å². The Kier molecular flexibility index (Phi) is 7.38. The highest BCUT2D eigenvalue weighted by Gasteiger charge is 2.11. The van der Waals surface area contributed by atoms with E-state index in [1.54, 1.807) is 18.5 Å². The van der Waals surface area contributed by atoms with Gasteiger partial charge in [-0.25, -0.2) is 0 Å². The van der Waals surface area contributed by atoms with Crippen LogP contribution in [0, 0.1) is 11.8 Å². The van der Waals surface area contributed by atoms with Gasteiger partial charge in [-0.2, -0.15) is 0 Å². The van der Waals surface area contributed by atoms with Gasteiger partial charge in [0.05, 0.1) is 12.2 Å². The fourth-order valence-corrected chi connectivity index (χ4v) is 1.85. The second kappa shape index (κ2) is 9.11. The van der Waals surface area contributed by atoms with Gasteiger partial charge >= 0.3 is 0 Å². The number of hydrogen-bond acceptors (Lipinski definition) is 3. The van der Waals surface area contributed by atoms with Crippen molar-refractivity contribution in [3.63, 3.8) is 0 Å². The van der Waals surface area contributed by atoms with Gasteiger partial charge in [-0.15, -0.1) is 0 Å². The summed E-state index contributed by atoms with van der Waals surface area (Å²) in [7, 11) is 0. The molecule has 1 atom stereocenters. The maximum Gasteiger partial charge on any atom is 0.253 e. The summed E-state index contributed by atoms with van der Waals surface area (Å²) in [5.41, 5.74) is 1.21. The van der Waals surface area contributed by atoms with E-state index in [4.69, 9.17) is 5.11 Å². The molecule has 1 aromatic heterocycles. The summed E-state index contributed by atoms with van der Waals surface area (Å²) < 4.78 is 0. The number of rotatable bonds is 6. The monoisotopic (exact) mass is 274 g/mol. The summed E-state index contributed by atoms with van der Waals surface area (Å²) in [4.78, 5) is 16.2. The minimum atomic E-state index is -0.108. The van der Waals surface area contributed by atoms with Crippen molar-refractivity contribution < 1.29 is 9.90 Å². The highest BCUT2D eigenvalue weighted by Crippen LogP contribution is 2.05. The van der Waals surface area contributed by atoms with Crippen molar-refractivity contribution in [2.24, 2.45) is 0 Å². The normalized spacial score (nSPS) is 11.3. The van der Waals surface area contributed by atoms with Gasteiger partial charge in [0.2, 0.25) is 0 Å². The number of carbonyl (C=O) groups excluding carboxylic acids is 1. The van der Waals surface area contributed by atoms with E-state index in [0.717, 1.165) is 19.3 Å². The van der Waals surface area contributed by atoms with Crippen molar-refractivity contribution in [2.75, 3.05) is 6.61 Å². The molecule has 2 N–H and O–H groups in total. The molecule has 0 saturated heterocycles. The number of aromatic nitrogens is 1. The van der Waals surface area contributed by atoms with Crippen molar-refractivity contribution in [3.05, 3.63) is 29.6 Å². The summed E-state index contributed by atoms with van der Waals surface area (Å²) in [6.45, 7) is 4.21. The molecular weight excluding hydrogens is 252 g/mol. The number of aliphatic hydroxyl groups is 1. The number of pyridine rings is 1. The summed E-state index contributed by atoms with van der Waals surface area (Å²) in [6, 6.07) is 1.93. The second-order valence-corrected chi connectivity index (χ2v) is 4.60. The molecule has 0 aliphatic heterocycles. The minimum absolute atomic E-state index is 0.0375. The first-order valence-electron chi connectivity index (χ1n) is 7.06. The molecule has 1 heterocycles. The Morgan fingerprint density at radius 2 is 2.25 bits per heavy atom. The highest BCUT2D eigenvalue weighted by molar-refractivity contribution is 5.94. The second-order valence-electron chi connectivity index (χ2n) is 4.60. The van der Waals surface area contributed by atoms with E-state index in [2.05, 4.69) is 36.0 Å². The van der Waals surface area contributed by atoms with Crippen LogP contribution in [0.25, 0.3) is 0 Å². The molecule has 4 nitrogen and oxygen atoms in total. The van der Waals surface area contributed by atoms with Crippen LogP contribution in [-0.2, 0) is 0 Å². The van der Waals surface area contributed by atoms with Crippen LogP contribution >= 0.6 is 0 Å². The zero-order valence-corrected chi connectivity index (χ0v) is 12.1. The Labute approximate surface area is 120 Å². The molecule has 1 amide bonds. The van der Waals surface area contributed by atoms with Crippen LogP contribution in [0.5, 0.6) is 0 Å². The molecule has 0 saturated carbocycles. The van der Waals surface area contributed by atoms with Crippen molar-refractivity contribution >= 4 is 5.91 Å². The van der Waals surface area contributed by atoms with E-state index < -0.39 is 0 Å². The number of aliphatic hydroxyl groups excluding tert-OH is 1. The average Bonchev–Trinajstić information content (AvgIpc) is 2.47. The van der Waals surface area contributed by atoms with Crippen LogP contribution in [0.1, 0.15) is 55.5 Å². The third-order valence-electron chi connectivity index (χ3n) is 2.94. The summed E-state index contributed by atoms with van der Waals surface area (Å²) in [5.74, 6) is 5.59. The lowest BCUT2D eigenvalue weighted by Crippen LogP contribution is -2.34. The molecule has 0 aliphatic carbocycles. The number of carbonyl (C=O) groups is 1. The predicted octanol–water partition coefficient (Wildman–Crippen LogP) is 2.12. The summed E-state index contributed by atoms with van der Waals surface area (Å²) in [5, 5.41) is 11.7. The third-order valence-corrected chi connectivity index (χ3v) is 2.94. The fraction of sp³-hybridized carbons (Fsp3) is 0.500. The van der Waals surface area contributed by atoms with Gasteiger partial charge in [0, 0.05) is 30.4 Å². The van der Waals surface area contributed by atoms with Gasteiger partial charge < -0.3 is 10.4 Å². The van der Waals surface area contributed by atoms with Crippen molar-refractivity contribution in [2.45, 2.75) is 45.6 Å². The Hall–Kier alpha value is -1.86. The minimum Gasteiger partial charge on any atom is -0.395 e. The Bertz CT molecular complexity index is 489.